The van der Waals surface area contributed by atoms with Crippen molar-refractivity contribution >= 4 is 5.97 Å². The van der Waals surface area contributed by atoms with Crippen LogP contribution in [0.15, 0.2) is 12.7 Å². The predicted octanol–water partition coefficient (Wildman–Crippen LogP) is -6.81. The molecule has 106 valence electrons. The van der Waals surface area contributed by atoms with Crippen LogP contribution >= 0.6 is 0 Å². The molecule has 0 amide bonds. The topological polar surface area (TPSA) is 30.7 Å². The van der Waals surface area contributed by atoms with Crippen molar-refractivity contribution in [3.8, 4) is 0 Å². The van der Waals surface area contributed by atoms with Crippen molar-refractivity contribution in [2.75, 3.05) is 55.4 Å². The first-order valence-electron chi connectivity index (χ1n) is 5.05. The van der Waals surface area contributed by atoms with Crippen molar-refractivity contribution in [3.63, 3.8) is 0 Å². The summed E-state index contributed by atoms with van der Waals surface area (Å²) >= 11 is 0. The van der Waals surface area contributed by atoms with Crippen LogP contribution in [0.3, 0.4) is 0 Å². The monoisotopic (exact) mass is 288 g/mol. The average molecular weight is 289 g/mol. The molecule has 0 atom stereocenters. The predicted molar refractivity (Wildman–Crippen MR) is 62.8 cm³/mol. The van der Waals surface area contributed by atoms with Crippen LogP contribution in [0.1, 0.15) is 0 Å². The average Bonchev–Trinajstić information content (AvgIpc) is 2.00. The van der Waals surface area contributed by atoms with Crippen LogP contribution in [0, 0.1) is 0 Å². The second kappa shape index (κ2) is 13.8. The van der Waals surface area contributed by atoms with E-state index in [0.717, 1.165) is 11.0 Å². The Morgan fingerprint density at radius 1 is 1.24 bits per heavy atom. The van der Waals surface area contributed by atoms with Crippen LogP contribution in [0.25, 0.3) is 0 Å². The molecule has 0 saturated heterocycles. The molecular formula is C11H26Cl2N2O2. The van der Waals surface area contributed by atoms with Crippen LogP contribution < -0.4 is 29.7 Å². The zero-order valence-electron chi connectivity index (χ0n) is 11.7. The summed E-state index contributed by atoms with van der Waals surface area (Å²) in [5.41, 5.74) is 0. The van der Waals surface area contributed by atoms with E-state index >= 15 is 0 Å². The van der Waals surface area contributed by atoms with Gasteiger partial charge in [-0.15, -0.1) is 0 Å². The lowest BCUT2D eigenvalue weighted by Crippen LogP contribution is -3.02. The fourth-order valence-electron chi connectivity index (χ4n) is 0.479. The molecule has 0 saturated carbocycles. The second-order valence-corrected chi connectivity index (χ2v) is 4.89. The third kappa shape index (κ3) is 38.9. The van der Waals surface area contributed by atoms with E-state index in [9.17, 15) is 4.79 Å². The van der Waals surface area contributed by atoms with Gasteiger partial charge in [0.15, 0.2) is 0 Å². The van der Waals surface area contributed by atoms with Gasteiger partial charge >= 0.3 is 5.97 Å². The van der Waals surface area contributed by atoms with E-state index < -0.39 is 0 Å². The van der Waals surface area contributed by atoms with Crippen LogP contribution in [-0.4, -0.2) is 65.9 Å². The van der Waals surface area contributed by atoms with Crippen molar-refractivity contribution < 1.29 is 43.7 Å². The van der Waals surface area contributed by atoms with E-state index in [0.29, 0.717) is 6.61 Å². The maximum Gasteiger partial charge on any atom is 0.330 e. The van der Waals surface area contributed by atoms with Crippen molar-refractivity contribution in [1.29, 1.82) is 0 Å². The summed E-state index contributed by atoms with van der Waals surface area (Å²) in [4.78, 5) is 12.0. The lowest BCUT2D eigenvalue weighted by atomic mass is 10.5. The quantitative estimate of drug-likeness (QED) is 0.317. The van der Waals surface area contributed by atoms with Gasteiger partial charge in [-0.1, -0.05) is 6.58 Å². The molecule has 0 aliphatic heterocycles. The van der Waals surface area contributed by atoms with Crippen LogP contribution in [-0.2, 0) is 9.53 Å². The zero-order chi connectivity index (χ0) is 12.5. The fraction of sp³-hybridized carbons (Fsp3) is 0.727. The minimum atomic E-state index is -0.349. The van der Waals surface area contributed by atoms with Gasteiger partial charge in [0.25, 0.3) is 0 Å². The summed E-state index contributed by atoms with van der Waals surface area (Å²) in [6, 6.07) is 0. The Bertz CT molecular complexity index is 190. The first-order chi connectivity index (χ1) is 6.69. The molecule has 0 fully saturated rings. The molecule has 0 heterocycles. The van der Waals surface area contributed by atoms with Crippen LogP contribution in [0.2, 0.25) is 0 Å². The minimum Gasteiger partial charge on any atom is -1.00 e. The van der Waals surface area contributed by atoms with Crippen molar-refractivity contribution in [3.05, 3.63) is 12.7 Å². The lowest BCUT2D eigenvalue weighted by Gasteiger charge is -2.23. The molecule has 0 aromatic heterocycles. The Balaban J connectivity index is -0.000000123. The van der Waals surface area contributed by atoms with E-state index in [1.807, 2.05) is 21.1 Å². The van der Waals surface area contributed by atoms with E-state index in [2.05, 4.69) is 27.7 Å². The third-order valence-electron chi connectivity index (χ3n) is 1.17. The van der Waals surface area contributed by atoms with Gasteiger partial charge in [0.1, 0.15) is 13.2 Å². The third-order valence-corrected chi connectivity index (χ3v) is 1.17. The Labute approximate surface area is 118 Å². The highest BCUT2D eigenvalue weighted by Gasteiger charge is 2.06. The van der Waals surface area contributed by atoms with Crippen LogP contribution in [0.4, 0.5) is 0 Å². The van der Waals surface area contributed by atoms with Gasteiger partial charge in [-0.05, 0) is 0 Å². The number of hydrogen-bond donors (Lipinski definition) is 1. The number of carbonyl (C=O) groups excluding carboxylic acids is 1. The van der Waals surface area contributed by atoms with Gasteiger partial charge in [0.2, 0.25) is 0 Å². The molecule has 1 N–H and O–H groups in total. The van der Waals surface area contributed by atoms with Gasteiger partial charge in [-0.3, -0.25) is 0 Å². The van der Waals surface area contributed by atoms with E-state index in [-0.39, 0.29) is 30.8 Å². The summed E-state index contributed by atoms with van der Waals surface area (Å²) in [5.74, 6) is -0.349. The molecule has 17 heavy (non-hydrogen) atoms. The van der Waals surface area contributed by atoms with Crippen molar-refractivity contribution in [2.24, 2.45) is 0 Å². The zero-order valence-corrected chi connectivity index (χ0v) is 13.2. The maximum absolute atomic E-state index is 10.6. The Kier molecular flexibility index (Phi) is 20.7. The van der Waals surface area contributed by atoms with Gasteiger partial charge in [0, 0.05) is 6.08 Å². The SMILES string of the molecule is C=CC(=O)OCC[N+](C)(C)C.C[NH+](C)C.[Cl-].[Cl-]. The van der Waals surface area contributed by atoms with Gasteiger partial charge < -0.3 is 38.9 Å². The molecule has 0 aromatic rings. The molecule has 0 aromatic carbocycles. The number of nitrogens with zero attached hydrogens (tertiary/aromatic N) is 1. The number of nitrogens with one attached hydrogen (secondary N) is 1. The van der Waals surface area contributed by atoms with Gasteiger partial charge in [0.05, 0.1) is 42.3 Å². The molecule has 0 spiro atoms. The van der Waals surface area contributed by atoms with E-state index in [4.69, 9.17) is 4.74 Å². The Morgan fingerprint density at radius 3 is 1.82 bits per heavy atom. The first-order valence-corrected chi connectivity index (χ1v) is 5.05. The molecule has 0 radical (unpaired) electrons. The molecule has 4 nitrogen and oxygen atoms in total. The maximum atomic E-state index is 10.6. The Morgan fingerprint density at radius 2 is 1.59 bits per heavy atom. The number of halogens is 2. The number of rotatable bonds is 4. The molecule has 6 heteroatoms. The number of hydrogen-bond acceptors (Lipinski definition) is 2. The minimum absolute atomic E-state index is 0. The first kappa shape index (κ1) is 25.5. The molecule has 0 rings (SSSR count). The molecule has 0 aliphatic carbocycles. The number of quaternary nitrogens is 2. The Hall–Kier alpha value is -0.290. The normalized spacial score (nSPS) is 9.12. The summed E-state index contributed by atoms with van der Waals surface area (Å²) < 4.78 is 5.59. The van der Waals surface area contributed by atoms with Gasteiger partial charge in [-0.25, -0.2) is 4.79 Å². The highest BCUT2D eigenvalue weighted by molar-refractivity contribution is 5.81. The number of likely N-dealkylation sites (N-methyl/N-ethyl adjacent to an activating group) is 1. The molecule has 0 unspecified atom stereocenters. The largest absolute Gasteiger partial charge is 1.00 e. The summed E-state index contributed by atoms with van der Waals surface area (Å²) in [5, 5.41) is 0. The van der Waals surface area contributed by atoms with Gasteiger partial charge in [-0.2, -0.15) is 0 Å². The van der Waals surface area contributed by atoms with E-state index in [1.54, 1.807) is 0 Å². The summed E-state index contributed by atoms with van der Waals surface area (Å²) in [7, 11) is 12.4. The second-order valence-electron chi connectivity index (χ2n) is 4.89. The molecule has 0 aliphatic rings. The van der Waals surface area contributed by atoms with Crippen LogP contribution in [0.5, 0.6) is 0 Å². The fourth-order valence-corrected chi connectivity index (χ4v) is 0.479. The highest BCUT2D eigenvalue weighted by Crippen LogP contribution is 1.89. The lowest BCUT2D eigenvalue weighted by molar-refractivity contribution is -0.870. The number of esters is 1. The standard InChI is InChI=1S/C8H16NO2.C3H9N.2ClH/c1-5-8(10)11-7-6-9(2,3)4;1-4(2)3;;/h5H,1,6-7H2,2-4H3;1-3H3;2*1H/q+1;;;/p-1. The van der Waals surface area contributed by atoms with Crippen molar-refractivity contribution in [2.45, 2.75) is 0 Å². The van der Waals surface area contributed by atoms with E-state index in [1.165, 1.54) is 11.0 Å². The highest BCUT2D eigenvalue weighted by atomic mass is 35.5. The smallest absolute Gasteiger partial charge is 0.330 e. The number of carbonyl (C=O) groups is 1. The van der Waals surface area contributed by atoms with Crippen molar-refractivity contribution in [1.82, 2.24) is 0 Å². The molecular weight excluding hydrogens is 263 g/mol. The summed E-state index contributed by atoms with van der Waals surface area (Å²) in [6.07, 6.45) is 1.18. The number of ether oxygens (including phenoxy) is 1. The molecule has 0 bridgehead atoms. The summed E-state index contributed by atoms with van der Waals surface area (Å²) in [6.45, 7) is 4.57.